The van der Waals surface area contributed by atoms with E-state index in [0.29, 0.717) is 0 Å². The summed E-state index contributed by atoms with van der Waals surface area (Å²) < 4.78 is 6.16. The molecular weight excluding hydrogens is 272 g/mol. The summed E-state index contributed by atoms with van der Waals surface area (Å²) in [5.41, 5.74) is 3.81. The maximum Gasteiger partial charge on any atom is 0.137 e. The van der Waals surface area contributed by atoms with Crippen LogP contribution in [0.15, 0.2) is 24.8 Å². The van der Waals surface area contributed by atoms with Gasteiger partial charge in [0.2, 0.25) is 0 Å². The van der Waals surface area contributed by atoms with E-state index in [0.717, 1.165) is 25.3 Å². The molecule has 0 radical (unpaired) electrons. The zero-order valence-corrected chi connectivity index (χ0v) is 14.5. The number of hydrogen-bond donors (Lipinski definition) is 2. The third-order valence-corrected chi connectivity index (χ3v) is 4.73. The summed E-state index contributed by atoms with van der Waals surface area (Å²) in [6, 6.07) is 4.43. The SMILES string of the molecule is C=CCc1cc(C)cc(C)c1OCC[NH+]1CC[NH+](CC)CC1. The second kappa shape index (κ2) is 8.35. The fraction of sp³-hybridized carbons (Fsp3) is 0.579. The van der Waals surface area contributed by atoms with Crippen molar-refractivity contribution >= 4 is 0 Å². The van der Waals surface area contributed by atoms with Crippen LogP contribution in [0.2, 0.25) is 0 Å². The molecule has 0 aromatic heterocycles. The lowest BCUT2D eigenvalue weighted by molar-refractivity contribution is -1.01. The van der Waals surface area contributed by atoms with Crippen LogP contribution in [0.25, 0.3) is 0 Å². The van der Waals surface area contributed by atoms with Gasteiger partial charge in [-0.2, -0.15) is 0 Å². The Kier molecular flexibility index (Phi) is 6.47. The molecular formula is C19H32N2O+2. The summed E-state index contributed by atoms with van der Waals surface area (Å²) in [5, 5.41) is 0. The summed E-state index contributed by atoms with van der Waals surface area (Å²) in [4.78, 5) is 3.43. The molecule has 22 heavy (non-hydrogen) atoms. The van der Waals surface area contributed by atoms with Crippen LogP contribution < -0.4 is 14.5 Å². The Morgan fingerprint density at radius 3 is 2.45 bits per heavy atom. The highest BCUT2D eigenvalue weighted by Crippen LogP contribution is 2.26. The lowest BCUT2D eigenvalue weighted by Crippen LogP contribution is -3.28. The molecule has 0 amide bonds. The normalized spacial score (nSPS) is 21.6. The molecule has 0 unspecified atom stereocenters. The topological polar surface area (TPSA) is 18.1 Å². The first-order valence-electron chi connectivity index (χ1n) is 8.65. The Labute approximate surface area is 135 Å². The summed E-state index contributed by atoms with van der Waals surface area (Å²) >= 11 is 0. The average molecular weight is 304 g/mol. The first-order chi connectivity index (χ1) is 10.6. The lowest BCUT2D eigenvalue weighted by Gasteiger charge is -2.29. The molecule has 0 aliphatic carbocycles. The second-order valence-electron chi connectivity index (χ2n) is 6.51. The van der Waals surface area contributed by atoms with Crippen LogP contribution in [0, 0.1) is 13.8 Å². The summed E-state index contributed by atoms with van der Waals surface area (Å²) in [7, 11) is 0. The summed E-state index contributed by atoms with van der Waals surface area (Å²) in [6.45, 7) is 18.8. The minimum Gasteiger partial charge on any atom is -0.487 e. The molecule has 0 atom stereocenters. The van der Waals surface area contributed by atoms with Crippen LogP contribution in [0.1, 0.15) is 23.6 Å². The number of nitrogens with one attached hydrogen (secondary N) is 2. The van der Waals surface area contributed by atoms with Gasteiger partial charge in [0.1, 0.15) is 45.1 Å². The Morgan fingerprint density at radius 2 is 1.82 bits per heavy atom. The van der Waals surface area contributed by atoms with Gasteiger partial charge in [-0.05, 0) is 38.3 Å². The van der Waals surface area contributed by atoms with Crippen molar-refractivity contribution in [3.05, 3.63) is 41.5 Å². The van der Waals surface area contributed by atoms with Crippen molar-refractivity contribution in [2.45, 2.75) is 27.2 Å². The highest BCUT2D eigenvalue weighted by molar-refractivity contribution is 5.44. The third kappa shape index (κ3) is 4.59. The first kappa shape index (κ1) is 17.0. The molecule has 2 N–H and O–H groups in total. The van der Waals surface area contributed by atoms with Gasteiger partial charge in [0, 0.05) is 0 Å². The van der Waals surface area contributed by atoms with E-state index < -0.39 is 0 Å². The van der Waals surface area contributed by atoms with Crippen LogP contribution in [0.5, 0.6) is 5.75 Å². The Bertz CT molecular complexity index is 490. The van der Waals surface area contributed by atoms with Crippen molar-refractivity contribution in [2.75, 3.05) is 45.9 Å². The lowest BCUT2D eigenvalue weighted by atomic mass is 10.0. The zero-order chi connectivity index (χ0) is 15.9. The smallest absolute Gasteiger partial charge is 0.137 e. The number of hydrogen-bond acceptors (Lipinski definition) is 1. The van der Waals surface area contributed by atoms with Gasteiger partial charge in [-0.1, -0.05) is 23.8 Å². The maximum atomic E-state index is 6.16. The van der Waals surface area contributed by atoms with Crippen LogP contribution >= 0.6 is 0 Å². The number of aryl methyl sites for hydroxylation is 2. The first-order valence-corrected chi connectivity index (χ1v) is 8.65. The molecule has 1 aliphatic rings. The van der Waals surface area contributed by atoms with Gasteiger partial charge in [-0.15, -0.1) is 6.58 Å². The van der Waals surface area contributed by atoms with E-state index in [4.69, 9.17) is 4.74 Å². The molecule has 0 saturated carbocycles. The van der Waals surface area contributed by atoms with E-state index in [1.807, 2.05) is 6.08 Å². The maximum absolute atomic E-state index is 6.16. The molecule has 1 heterocycles. The van der Waals surface area contributed by atoms with Crippen molar-refractivity contribution in [2.24, 2.45) is 0 Å². The molecule has 3 heteroatoms. The molecule has 1 aromatic carbocycles. The highest BCUT2D eigenvalue weighted by Gasteiger charge is 2.21. The monoisotopic (exact) mass is 304 g/mol. The van der Waals surface area contributed by atoms with Crippen LogP contribution in [0.3, 0.4) is 0 Å². The molecule has 1 aromatic rings. The minimum atomic E-state index is 0.810. The van der Waals surface area contributed by atoms with E-state index in [2.05, 4.69) is 39.5 Å². The van der Waals surface area contributed by atoms with Gasteiger partial charge < -0.3 is 14.5 Å². The number of ether oxygens (including phenoxy) is 1. The van der Waals surface area contributed by atoms with E-state index in [1.165, 1.54) is 49.4 Å². The molecule has 1 aliphatic heterocycles. The van der Waals surface area contributed by atoms with Gasteiger partial charge in [0.25, 0.3) is 0 Å². The average Bonchev–Trinajstić information content (AvgIpc) is 2.50. The van der Waals surface area contributed by atoms with E-state index in [1.54, 1.807) is 9.80 Å². The molecule has 1 fully saturated rings. The number of quaternary nitrogens is 2. The third-order valence-electron chi connectivity index (χ3n) is 4.73. The van der Waals surface area contributed by atoms with Gasteiger partial charge >= 0.3 is 0 Å². The Balaban J connectivity index is 1.88. The minimum absolute atomic E-state index is 0.810. The number of piperazine rings is 1. The van der Waals surface area contributed by atoms with Crippen molar-refractivity contribution < 1.29 is 14.5 Å². The zero-order valence-electron chi connectivity index (χ0n) is 14.5. The number of rotatable bonds is 7. The molecule has 0 spiro atoms. The number of likely N-dealkylation sites (N-methyl/N-ethyl adjacent to an activating group) is 1. The predicted molar refractivity (Wildman–Crippen MR) is 92.1 cm³/mol. The van der Waals surface area contributed by atoms with E-state index in [-0.39, 0.29) is 0 Å². The van der Waals surface area contributed by atoms with Gasteiger partial charge in [-0.3, -0.25) is 0 Å². The van der Waals surface area contributed by atoms with Crippen LogP contribution in [-0.4, -0.2) is 45.9 Å². The summed E-state index contributed by atoms with van der Waals surface area (Å²) in [5.74, 6) is 1.07. The fourth-order valence-corrected chi connectivity index (χ4v) is 3.41. The second-order valence-corrected chi connectivity index (χ2v) is 6.51. The fourth-order valence-electron chi connectivity index (χ4n) is 3.41. The quantitative estimate of drug-likeness (QED) is 0.690. The summed E-state index contributed by atoms with van der Waals surface area (Å²) in [6.07, 6.45) is 2.84. The molecule has 0 bridgehead atoms. The van der Waals surface area contributed by atoms with Gasteiger partial charge in [0.05, 0.1) is 6.54 Å². The standard InChI is InChI=1S/C19H30N2O/c1-5-7-18-15-16(3)14-17(4)19(18)22-13-12-21-10-8-20(6-2)9-11-21/h5,14-15H,1,6-13H2,2-4H3/p+2. The van der Waals surface area contributed by atoms with Crippen molar-refractivity contribution in [1.82, 2.24) is 0 Å². The Morgan fingerprint density at radius 1 is 1.14 bits per heavy atom. The van der Waals surface area contributed by atoms with Crippen molar-refractivity contribution in [1.29, 1.82) is 0 Å². The Hall–Kier alpha value is -1.32. The van der Waals surface area contributed by atoms with Crippen molar-refractivity contribution in [3.63, 3.8) is 0 Å². The predicted octanol–water partition coefficient (Wildman–Crippen LogP) is 0.214. The van der Waals surface area contributed by atoms with Gasteiger partial charge in [-0.25, -0.2) is 0 Å². The molecule has 122 valence electrons. The van der Waals surface area contributed by atoms with Crippen LogP contribution in [0.4, 0.5) is 0 Å². The molecule has 2 rings (SSSR count). The highest BCUT2D eigenvalue weighted by atomic mass is 16.5. The van der Waals surface area contributed by atoms with Crippen molar-refractivity contribution in [3.8, 4) is 5.75 Å². The molecule has 1 saturated heterocycles. The van der Waals surface area contributed by atoms with E-state index >= 15 is 0 Å². The number of benzene rings is 1. The van der Waals surface area contributed by atoms with E-state index in [9.17, 15) is 0 Å². The largest absolute Gasteiger partial charge is 0.487 e. The van der Waals surface area contributed by atoms with Crippen LogP contribution in [-0.2, 0) is 6.42 Å². The van der Waals surface area contributed by atoms with Gasteiger partial charge in [0.15, 0.2) is 0 Å². The molecule has 3 nitrogen and oxygen atoms in total. The number of allylic oxidation sites excluding steroid dienone is 1.